The van der Waals surface area contributed by atoms with Gasteiger partial charge in [0.15, 0.2) is 0 Å². The number of nitrogens with two attached hydrogens (primary N) is 2. The van der Waals surface area contributed by atoms with E-state index in [2.05, 4.69) is 0 Å². The van der Waals surface area contributed by atoms with E-state index in [4.69, 9.17) is 11.5 Å². The number of hydrogen-bond acceptors (Lipinski definition) is 10. The maximum Gasteiger partial charge on any atom is 1.00 e. The van der Waals surface area contributed by atoms with Crippen LogP contribution in [0.2, 0.25) is 0 Å². The van der Waals surface area contributed by atoms with Crippen LogP contribution in [0.15, 0.2) is 47.9 Å². The van der Waals surface area contributed by atoms with Gasteiger partial charge in [0.25, 0.3) is 40.5 Å². The van der Waals surface area contributed by atoms with Crippen molar-refractivity contribution in [2.45, 2.75) is 26.4 Å². The Balaban J connectivity index is -0.00000256. The van der Waals surface area contributed by atoms with Crippen molar-refractivity contribution in [1.29, 1.82) is 0 Å². The topological polar surface area (TPSA) is 270 Å². The third kappa shape index (κ3) is 6.31. The number of hydrogen-bond donors (Lipinski definition) is 6. The zero-order chi connectivity index (χ0) is 24.3. The Morgan fingerprint density at radius 2 is 0.970 bits per heavy atom. The van der Waals surface area contributed by atoms with Gasteiger partial charge in [-0.1, -0.05) is 12.2 Å². The molecule has 2 rings (SSSR count). The van der Waals surface area contributed by atoms with Gasteiger partial charge in [0, 0.05) is 17.8 Å². The molecule has 0 aromatic rings. The molecule has 2 aliphatic carbocycles. The summed E-state index contributed by atoms with van der Waals surface area (Å²) >= 11 is 0. The van der Waals surface area contributed by atoms with E-state index in [1.54, 1.807) is 0 Å². The second kappa shape index (κ2) is 10.3. The van der Waals surface area contributed by atoms with Crippen LogP contribution < -0.4 is 70.6 Å². The normalized spacial score (nSPS) is 30.4. The van der Waals surface area contributed by atoms with Crippen molar-refractivity contribution in [3.05, 3.63) is 47.9 Å². The molecule has 33 heavy (non-hydrogen) atoms. The smallest absolute Gasteiger partial charge is 1.00 e. The van der Waals surface area contributed by atoms with Crippen molar-refractivity contribution in [2.24, 2.45) is 11.5 Å². The summed E-state index contributed by atoms with van der Waals surface area (Å²) in [4.78, 5) is 0. The Hall–Kier alpha value is 0.200. The molecule has 20 heteroatoms. The van der Waals surface area contributed by atoms with Gasteiger partial charge in [0.2, 0.25) is 0 Å². The second-order valence-corrected chi connectivity index (χ2v) is 13.4. The molecule has 0 spiro atoms. The van der Waals surface area contributed by atoms with Crippen molar-refractivity contribution in [1.82, 2.24) is 0 Å². The molecule has 4 unspecified atom stereocenters. The minimum absolute atomic E-state index is 0. The Morgan fingerprint density at radius 1 is 0.697 bits per heavy atom. The monoisotopic (exact) mass is 570 g/mol. The standard InChI is InChI=1S/C13H18N2O12S4.2Na.2H/c14-8-1-3-10(28(16,17)18)12(5-8,30(22,23)24)7-13(31(25,26)27)6-9(15)2-4-11(13)29(19,20)21;;;;/h1-6,10-11H,7,14-15H2,(H,16,17,18)(H,19,20,21)(H,22,23,24)(H,25,26,27);;;;/q;2*+1;2*-1. The fraction of sp³-hybridized carbons (Fsp3) is 0.385. The molecular formula is C13H20N2Na2O12S4. The van der Waals surface area contributed by atoms with Crippen LogP contribution >= 0.6 is 0 Å². The first kappa shape index (κ1) is 33.2. The molecule has 0 aromatic heterocycles. The molecule has 0 heterocycles. The Bertz CT molecular complexity index is 1260. The average molecular weight is 571 g/mol. The molecule has 0 saturated heterocycles. The third-order valence-corrected chi connectivity index (χ3v) is 10.6. The van der Waals surface area contributed by atoms with Crippen LogP contribution in [0.1, 0.15) is 9.27 Å². The van der Waals surface area contributed by atoms with Gasteiger partial charge in [0.1, 0.15) is 20.0 Å². The maximum atomic E-state index is 12.4. The van der Waals surface area contributed by atoms with Gasteiger partial charge in [0.05, 0.1) is 0 Å². The Kier molecular flexibility index (Phi) is 10.3. The Labute approximate surface area is 237 Å². The summed E-state index contributed by atoms with van der Waals surface area (Å²) < 4.78 is 129. The van der Waals surface area contributed by atoms with Gasteiger partial charge in [-0.15, -0.1) is 0 Å². The first-order valence-electron chi connectivity index (χ1n) is 7.87. The molecule has 8 N–H and O–H groups in total. The van der Waals surface area contributed by atoms with E-state index in [-0.39, 0.29) is 62.0 Å². The van der Waals surface area contributed by atoms with Crippen LogP contribution in [0.4, 0.5) is 0 Å². The first-order chi connectivity index (χ1) is 13.7. The van der Waals surface area contributed by atoms with Gasteiger partial charge in [-0.05, 0) is 24.3 Å². The summed E-state index contributed by atoms with van der Waals surface area (Å²) in [5, 5.41) is -5.19. The number of rotatable bonds is 6. The van der Waals surface area contributed by atoms with E-state index in [0.29, 0.717) is 24.3 Å². The average Bonchev–Trinajstić information content (AvgIpc) is 2.50. The molecule has 180 valence electrons. The summed E-state index contributed by atoms with van der Waals surface area (Å²) in [6, 6.07) is 0. The summed E-state index contributed by atoms with van der Waals surface area (Å²) in [6.45, 7) is 0. The molecule has 0 aliphatic heterocycles. The van der Waals surface area contributed by atoms with E-state index in [1.807, 2.05) is 0 Å². The molecule has 0 bridgehead atoms. The van der Waals surface area contributed by atoms with Crippen LogP contribution in [-0.2, 0) is 40.5 Å². The summed E-state index contributed by atoms with van der Waals surface area (Å²) in [5.41, 5.74) is 9.97. The molecule has 0 radical (unpaired) electrons. The zero-order valence-corrected chi connectivity index (χ0v) is 24.4. The molecule has 2 aliphatic rings. The van der Waals surface area contributed by atoms with Crippen LogP contribution in [0, 0.1) is 0 Å². The van der Waals surface area contributed by atoms with Crippen molar-refractivity contribution >= 4 is 40.5 Å². The van der Waals surface area contributed by atoms with Crippen molar-refractivity contribution in [3.63, 3.8) is 0 Å². The minimum Gasteiger partial charge on any atom is -1.00 e. The molecule has 0 fully saturated rings. The van der Waals surface area contributed by atoms with Crippen molar-refractivity contribution in [2.75, 3.05) is 0 Å². The summed E-state index contributed by atoms with van der Waals surface area (Å²) in [5.74, 6) is 0. The predicted molar refractivity (Wildman–Crippen MR) is 109 cm³/mol. The largest absolute Gasteiger partial charge is 1.00 e. The first-order valence-corrected chi connectivity index (χ1v) is 13.8. The molecule has 0 amide bonds. The van der Waals surface area contributed by atoms with Crippen LogP contribution in [-0.4, -0.2) is 71.9 Å². The number of allylic oxidation sites excluding steroid dienone is 2. The van der Waals surface area contributed by atoms with Crippen molar-refractivity contribution < 1.29 is 114 Å². The predicted octanol–water partition coefficient (Wildman–Crippen LogP) is -7.80. The fourth-order valence-electron chi connectivity index (χ4n) is 3.61. The third-order valence-electron chi connectivity index (χ3n) is 4.87. The van der Waals surface area contributed by atoms with Gasteiger partial charge >= 0.3 is 59.1 Å². The van der Waals surface area contributed by atoms with Crippen LogP contribution in [0.25, 0.3) is 0 Å². The second-order valence-electron chi connectivity index (χ2n) is 6.91. The van der Waals surface area contributed by atoms with Crippen LogP contribution in [0.3, 0.4) is 0 Å². The minimum atomic E-state index is -5.73. The summed E-state index contributed by atoms with van der Waals surface area (Å²) in [7, 11) is -22.3. The molecule has 14 nitrogen and oxygen atoms in total. The van der Waals surface area contributed by atoms with E-state index in [1.165, 1.54) is 0 Å². The van der Waals surface area contributed by atoms with Gasteiger partial charge in [-0.25, -0.2) is 0 Å². The van der Waals surface area contributed by atoms with E-state index >= 15 is 0 Å². The van der Waals surface area contributed by atoms with Crippen LogP contribution in [0.5, 0.6) is 0 Å². The zero-order valence-electron chi connectivity index (χ0n) is 19.2. The van der Waals surface area contributed by atoms with E-state index in [9.17, 15) is 51.9 Å². The Morgan fingerprint density at radius 3 is 1.18 bits per heavy atom. The fourth-order valence-corrected chi connectivity index (χ4v) is 9.18. The molecule has 4 atom stereocenters. The quantitative estimate of drug-likeness (QED) is 0.128. The van der Waals surface area contributed by atoms with Crippen molar-refractivity contribution in [3.8, 4) is 0 Å². The molecule has 0 saturated carbocycles. The van der Waals surface area contributed by atoms with Gasteiger partial charge in [-0.3, -0.25) is 18.2 Å². The SMILES string of the molecule is NC1=CC(CC2(S(=O)(=O)O)C=C(N)C=CC2S(=O)(=O)O)(S(=O)(=O)O)C(S(=O)(=O)O)C=C1.[H-].[H-].[Na+].[Na+]. The summed E-state index contributed by atoms with van der Waals surface area (Å²) in [6.07, 6.45) is 1.69. The van der Waals surface area contributed by atoms with Gasteiger partial charge < -0.3 is 14.3 Å². The van der Waals surface area contributed by atoms with E-state index in [0.717, 1.165) is 12.2 Å². The molecule has 0 aromatic carbocycles. The molecular weight excluding hydrogens is 550 g/mol. The van der Waals surface area contributed by atoms with E-state index < -0.39 is 78.3 Å². The van der Waals surface area contributed by atoms with Gasteiger partial charge in [-0.2, -0.15) is 33.7 Å². The maximum absolute atomic E-state index is 12.4.